The average molecular weight is 375 g/mol. The number of carbonyl (C=O) groups excluding carboxylic acids is 1. The molecule has 0 spiro atoms. The number of hydrogen-bond donors (Lipinski definition) is 0. The number of rotatable bonds is 6. The third kappa shape index (κ3) is 4.75. The molecule has 1 aromatic carbocycles. The molecule has 1 aliphatic rings. The van der Waals surface area contributed by atoms with E-state index < -0.39 is 9.84 Å². The summed E-state index contributed by atoms with van der Waals surface area (Å²) < 4.78 is 28.8. The third-order valence-electron chi connectivity index (χ3n) is 5.16. The highest BCUT2D eigenvalue weighted by Crippen LogP contribution is 2.27. The fourth-order valence-electron chi connectivity index (χ4n) is 3.52. The molecule has 0 bridgehead atoms. The quantitative estimate of drug-likeness (QED) is 0.778. The summed E-state index contributed by atoms with van der Waals surface area (Å²) >= 11 is 0. The number of nitrogens with zero attached hydrogens (tertiary/aromatic N) is 1. The van der Waals surface area contributed by atoms with Crippen LogP contribution in [0.1, 0.15) is 36.5 Å². The standard InChI is InChI=1S/C20H25NO4S/c1-21(18-9-12-26(23,24)13-10-18)20(22)15-17(19-8-5-11-25-19)14-16-6-3-2-4-7-16/h2-8,11,17-18H,9-10,12-15H2,1H3/t17-/m0/s1. The van der Waals surface area contributed by atoms with Gasteiger partial charge in [-0.25, -0.2) is 8.42 Å². The van der Waals surface area contributed by atoms with Gasteiger partial charge in [-0.2, -0.15) is 0 Å². The molecule has 5 nitrogen and oxygen atoms in total. The van der Waals surface area contributed by atoms with E-state index in [9.17, 15) is 13.2 Å². The second-order valence-electron chi connectivity index (χ2n) is 6.99. The second kappa shape index (κ2) is 8.08. The van der Waals surface area contributed by atoms with Gasteiger partial charge in [-0.1, -0.05) is 30.3 Å². The van der Waals surface area contributed by atoms with Gasteiger partial charge in [0.05, 0.1) is 17.8 Å². The summed E-state index contributed by atoms with van der Waals surface area (Å²) in [6.07, 6.45) is 3.76. The van der Waals surface area contributed by atoms with Gasteiger partial charge >= 0.3 is 0 Å². The topological polar surface area (TPSA) is 67.6 Å². The van der Waals surface area contributed by atoms with Crippen LogP contribution in [-0.2, 0) is 21.1 Å². The molecule has 0 unspecified atom stereocenters. The molecule has 26 heavy (non-hydrogen) atoms. The molecule has 6 heteroatoms. The van der Waals surface area contributed by atoms with Crippen molar-refractivity contribution in [2.24, 2.45) is 0 Å². The van der Waals surface area contributed by atoms with Crippen molar-refractivity contribution in [1.82, 2.24) is 4.90 Å². The molecule has 1 atom stereocenters. The van der Waals surface area contributed by atoms with E-state index in [1.807, 2.05) is 30.3 Å². The monoisotopic (exact) mass is 375 g/mol. The lowest BCUT2D eigenvalue weighted by atomic mass is 9.93. The van der Waals surface area contributed by atoms with Gasteiger partial charge in [-0.3, -0.25) is 4.79 Å². The predicted molar refractivity (Wildman–Crippen MR) is 101 cm³/mol. The highest BCUT2D eigenvalue weighted by atomic mass is 32.2. The molecule has 0 radical (unpaired) electrons. The van der Waals surface area contributed by atoms with Crippen molar-refractivity contribution in [3.63, 3.8) is 0 Å². The zero-order chi connectivity index (χ0) is 18.6. The third-order valence-corrected chi connectivity index (χ3v) is 6.87. The maximum absolute atomic E-state index is 12.8. The van der Waals surface area contributed by atoms with Crippen LogP contribution in [0.4, 0.5) is 0 Å². The Morgan fingerprint density at radius 3 is 2.46 bits per heavy atom. The molecule has 1 saturated heterocycles. The van der Waals surface area contributed by atoms with Crippen LogP contribution in [0, 0.1) is 0 Å². The molecule has 1 aliphatic heterocycles. The Kier molecular flexibility index (Phi) is 5.81. The van der Waals surface area contributed by atoms with Gasteiger partial charge in [0.1, 0.15) is 15.6 Å². The van der Waals surface area contributed by atoms with E-state index in [2.05, 4.69) is 12.1 Å². The summed E-state index contributed by atoms with van der Waals surface area (Å²) in [6.45, 7) is 0. The van der Waals surface area contributed by atoms with Gasteiger partial charge in [0.2, 0.25) is 5.91 Å². The molecule has 0 saturated carbocycles. The van der Waals surface area contributed by atoms with E-state index >= 15 is 0 Å². The molecule has 2 heterocycles. The number of carbonyl (C=O) groups is 1. The molecule has 2 aromatic rings. The number of furan rings is 1. The van der Waals surface area contributed by atoms with Crippen molar-refractivity contribution in [3.05, 3.63) is 60.1 Å². The van der Waals surface area contributed by atoms with E-state index in [0.29, 0.717) is 19.3 Å². The lowest BCUT2D eigenvalue weighted by Crippen LogP contribution is -2.42. The highest BCUT2D eigenvalue weighted by molar-refractivity contribution is 7.91. The smallest absolute Gasteiger partial charge is 0.223 e. The Labute approximate surface area is 154 Å². The van der Waals surface area contributed by atoms with E-state index in [1.54, 1.807) is 18.2 Å². The first-order valence-electron chi connectivity index (χ1n) is 8.98. The maximum atomic E-state index is 12.8. The fourth-order valence-corrected chi connectivity index (χ4v) is 4.99. The zero-order valence-corrected chi connectivity index (χ0v) is 15.8. The van der Waals surface area contributed by atoms with E-state index in [4.69, 9.17) is 4.42 Å². The van der Waals surface area contributed by atoms with Crippen LogP contribution in [-0.4, -0.2) is 43.8 Å². The van der Waals surface area contributed by atoms with Crippen molar-refractivity contribution < 1.29 is 17.6 Å². The second-order valence-corrected chi connectivity index (χ2v) is 9.30. The van der Waals surface area contributed by atoms with Gasteiger partial charge in [-0.15, -0.1) is 0 Å². The molecule has 1 aromatic heterocycles. The SMILES string of the molecule is CN(C(=O)C[C@H](Cc1ccccc1)c1ccco1)C1CCS(=O)(=O)CC1. The lowest BCUT2D eigenvalue weighted by Gasteiger charge is -2.32. The van der Waals surface area contributed by atoms with Crippen molar-refractivity contribution in [1.29, 1.82) is 0 Å². The van der Waals surface area contributed by atoms with Gasteiger partial charge in [0.25, 0.3) is 0 Å². The van der Waals surface area contributed by atoms with E-state index in [-0.39, 0.29) is 29.4 Å². The van der Waals surface area contributed by atoms with Crippen molar-refractivity contribution in [2.75, 3.05) is 18.6 Å². The van der Waals surface area contributed by atoms with Crippen LogP contribution in [0.15, 0.2) is 53.1 Å². The van der Waals surface area contributed by atoms with Crippen LogP contribution in [0.3, 0.4) is 0 Å². The first-order valence-corrected chi connectivity index (χ1v) is 10.8. The Hall–Kier alpha value is -2.08. The fraction of sp³-hybridized carbons (Fsp3) is 0.450. The molecule has 140 valence electrons. The minimum absolute atomic E-state index is 0.00000121. The average Bonchev–Trinajstić information content (AvgIpc) is 3.16. The largest absolute Gasteiger partial charge is 0.469 e. The first kappa shape index (κ1) is 18.7. The maximum Gasteiger partial charge on any atom is 0.223 e. The minimum Gasteiger partial charge on any atom is -0.469 e. The normalized spacial score (nSPS) is 18.3. The lowest BCUT2D eigenvalue weighted by molar-refractivity contribution is -0.132. The number of benzene rings is 1. The van der Waals surface area contributed by atoms with Crippen LogP contribution in [0.2, 0.25) is 0 Å². The summed E-state index contributed by atoms with van der Waals surface area (Å²) in [5.41, 5.74) is 1.16. The summed E-state index contributed by atoms with van der Waals surface area (Å²) in [5.74, 6) is 1.14. The molecular weight excluding hydrogens is 350 g/mol. The Morgan fingerprint density at radius 1 is 1.15 bits per heavy atom. The summed E-state index contributed by atoms with van der Waals surface area (Å²) in [7, 11) is -1.14. The van der Waals surface area contributed by atoms with Gasteiger partial charge in [-0.05, 0) is 37.0 Å². The number of hydrogen-bond acceptors (Lipinski definition) is 4. The number of sulfone groups is 1. The van der Waals surface area contributed by atoms with Gasteiger partial charge < -0.3 is 9.32 Å². The highest BCUT2D eigenvalue weighted by Gasteiger charge is 2.30. The first-order chi connectivity index (χ1) is 12.4. The Morgan fingerprint density at radius 2 is 1.85 bits per heavy atom. The summed E-state index contributed by atoms with van der Waals surface area (Å²) in [4.78, 5) is 14.6. The van der Waals surface area contributed by atoms with Crippen molar-refractivity contribution >= 4 is 15.7 Å². The van der Waals surface area contributed by atoms with Crippen LogP contribution >= 0.6 is 0 Å². The minimum atomic E-state index is -2.93. The number of amides is 1. The Balaban J connectivity index is 1.67. The van der Waals surface area contributed by atoms with Crippen LogP contribution < -0.4 is 0 Å². The Bertz CT molecular complexity index is 801. The predicted octanol–water partition coefficient (Wildman–Crippen LogP) is 3.03. The molecular formula is C20H25NO4S. The van der Waals surface area contributed by atoms with Crippen LogP contribution in [0.25, 0.3) is 0 Å². The molecule has 3 rings (SSSR count). The van der Waals surface area contributed by atoms with Crippen molar-refractivity contribution in [3.8, 4) is 0 Å². The molecule has 0 aliphatic carbocycles. The van der Waals surface area contributed by atoms with E-state index in [0.717, 1.165) is 17.7 Å². The summed E-state index contributed by atoms with van der Waals surface area (Å²) in [5, 5.41) is 0. The van der Waals surface area contributed by atoms with Gasteiger partial charge in [0, 0.05) is 25.4 Å². The molecule has 1 fully saturated rings. The van der Waals surface area contributed by atoms with E-state index in [1.165, 1.54) is 0 Å². The molecule has 1 amide bonds. The zero-order valence-electron chi connectivity index (χ0n) is 15.0. The van der Waals surface area contributed by atoms with Gasteiger partial charge in [0.15, 0.2) is 0 Å². The molecule has 0 N–H and O–H groups in total. The summed E-state index contributed by atoms with van der Waals surface area (Å²) in [6, 6.07) is 13.8. The van der Waals surface area contributed by atoms with Crippen molar-refractivity contribution in [2.45, 2.75) is 37.6 Å². The van der Waals surface area contributed by atoms with Crippen LogP contribution in [0.5, 0.6) is 0 Å².